The molecule has 0 saturated heterocycles. The monoisotopic (exact) mass is 364 g/mol. The van der Waals surface area contributed by atoms with Crippen LogP contribution in [-0.4, -0.2) is 18.0 Å². The largest absolute Gasteiger partial charge is 0.366 e. The zero-order chi connectivity index (χ0) is 19.8. The number of hydrogen-bond donors (Lipinski definition) is 4. The lowest BCUT2D eigenvalue weighted by Crippen LogP contribution is -2.29. The summed E-state index contributed by atoms with van der Waals surface area (Å²) >= 11 is 0. The van der Waals surface area contributed by atoms with Crippen LogP contribution in [0.2, 0.25) is 0 Å². The van der Waals surface area contributed by atoms with E-state index in [-0.39, 0.29) is 6.17 Å². The van der Waals surface area contributed by atoms with E-state index in [0.29, 0.717) is 11.1 Å². The molecule has 0 atom stereocenters. The highest BCUT2D eigenvalue weighted by Crippen LogP contribution is 2.10. The lowest BCUT2D eigenvalue weighted by Gasteiger charge is -2.04. The lowest BCUT2D eigenvalue weighted by atomic mass is 10.1. The first-order valence-electron chi connectivity index (χ1n) is 9.59. The van der Waals surface area contributed by atoms with Crippen LogP contribution in [0.15, 0.2) is 24.3 Å². The second-order valence-electron chi connectivity index (χ2n) is 6.59. The van der Waals surface area contributed by atoms with Gasteiger partial charge in [0.05, 0.1) is 6.17 Å². The van der Waals surface area contributed by atoms with E-state index in [9.17, 15) is 9.59 Å². The first kappa shape index (κ1) is 24.1. The van der Waals surface area contributed by atoms with Crippen LogP contribution in [0, 0.1) is 0 Å². The lowest BCUT2D eigenvalue weighted by molar-refractivity contribution is 0.0988. The molecule has 0 spiro atoms. The van der Waals surface area contributed by atoms with Gasteiger partial charge in [-0.05, 0) is 30.7 Å². The van der Waals surface area contributed by atoms with E-state index in [4.69, 9.17) is 22.9 Å². The summed E-state index contributed by atoms with van der Waals surface area (Å²) in [5, 5.41) is 0. The standard InChI is InChI=1S/C12H28N2.C8H8N2O2/c1-2-3-4-5-6-7-8-9-10-11-12(13)14;9-7(11)5-1-2-6(4-3-5)8(10)12/h12H,2-11,13-14H2,1H3;1-4H,(H2,9,11)(H2,10,12). The van der Waals surface area contributed by atoms with Crippen LogP contribution in [0.25, 0.3) is 0 Å². The molecule has 1 rings (SSSR count). The van der Waals surface area contributed by atoms with Crippen LogP contribution in [-0.2, 0) is 0 Å². The summed E-state index contributed by atoms with van der Waals surface area (Å²) in [6.07, 6.45) is 13.1. The third kappa shape index (κ3) is 13.4. The predicted octanol–water partition coefficient (Wildman–Crippen LogP) is 3.04. The van der Waals surface area contributed by atoms with Gasteiger partial charge in [-0.15, -0.1) is 0 Å². The third-order valence-corrected chi connectivity index (χ3v) is 4.09. The highest BCUT2D eigenvalue weighted by atomic mass is 16.1. The molecule has 8 N–H and O–H groups in total. The van der Waals surface area contributed by atoms with Crippen molar-refractivity contribution in [3.8, 4) is 0 Å². The molecule has 0 aliphatic heterocycles. The summed E-state index contributed by atoms with van der Waals surface area (Å²) in [4.78, 5) is 21.2. The second kappa shape index (κ2) is 15.3. The van der Waals surface area contributed by atoms with Crippen molar-refractivity contribution in [2.24, 2.45) is 22.9 Å². The Bertz CT molecular complexity index is 468. The van der Waals surface area contributed by atoms with E-state index < -0.39 is 11.8 Å². The number of unbranched alkanes of at least 4 members (excludes halogenated alkanes) is 8. The summed E-state index contributed by atoms with van der Waals surface area (Å²) < 4.78 is 0. The van der Waals surface area contributed by atoms with E-state index in [1.807, 2.05) is 0 Å². The van der Waals surface area contributed by atoms with Gasteiger partial charge in [-0.25, -0.2) is 0 Å². The molecule has 26 heavy (non-hydrogen) atoms. The van der Waals surface area contributed by atoms with Gasteiger partial charge in [-0.2, -0.15) is 0 Å². The Kier molecular flexibility index (Phi) is 14.2. The van der Waals surface area contributed by atoms with E-state index in [1.165, 1.54) is 82.1 Å². The van der Waals surface area contributed by atoms with Crippen molar-refractivity contribution in [1.29, 1.82) is 0 Å². The Morgan fingerprint density at radius 1 is 0.731 bits per heavy atom. The highest BCUT2D eigenvalue weighted by Gasteiger charge is 2.02. The topological polar surface area (TPSA) is 138 Å². The minimum atomic E-state index is -0.522. The summed E-state index contributed by atoms with van der Waals surface area (Å²) in [6, 6.07) is 5.84. The molecule has 0 radical (unpaired) electrons. The fourth-order valence-electron chi connectivity index (χ4n) is 2.49. The average molecular weight is 365 g/mol. The second-order valence-corrected chi connectivity index (χ2v) is 6.59. The minimum Gasteiger partial charge on any atom is -0.366 e. The van der Waals surface area contributed by atoms with Gasteiger partial charge in [0, 0.05) is 11.1 Å². The van der Waals surface area contributed by atoms with E-state index >= 15 is 0 Å². The smallest absolute Gasteiger partial charge is 0.248 e. The molecule has 6 heteroatoms. The Morgan fingerprint density at radius 2 is 1.08 bits per heavy atom. The third-order valence-electron chi connectivity index (χ3n) is 4.09. The number of hydrogen-bond acceptors (Lipinski definition) is 4. The van der Waals surface area contributed by atoms with Crippen molar-refractivity contribution in [3.05, 3.63) is 35.4 Å². The molecule has 2 amide bonds. The molecular formula is C20H36N4O2. The Morgan fingerprint density at radius 3 is 1.38 bits per heavy atom. The molecule has 1 aromatic rings. The molecule has 6 nitrogen and oxygen atoms in total. The zero-order valence-corrected chi connectivity index (χ0v) is 16.1. The van der Waals surface area contributed by atoms with Gasteiger partial charge in [0.1, 0.15) is 0 Å². The summed E-state index contributed by atoms with van der Waals surface area (Å²) in [7, 11) is 0. The number of amides is 2. The molecule has 0 bridgehead atoms. The molecular weight excluding hydrogens is 328 g/mol. The molecule has 0 heterocycles. The van der Waals surface area contributed by atoms with Gasteiger partial charge in [0.25, 0.3) is 0 Å². The Hall–Kier alpha value is -1.92. The summed E-state index contributed by atoms with van der Waals surface area (Å²) in [5.41, 5.74) is 21.6. The van der Waals surface area contributed by atoms with Crippen molar-refractivity contribution < 1.29 is 9.59 Å². The Balaban J connectivity index is 0.000000485. The molecule has 148 valence electrons. The molecule has 0 unspecified atom stereocenters. The Labute approximate surface area is 157 Å². The van der Waals surface area contributed by atoms with Crippen molar-refractivity contribution >= 4 is 11.8 Å². The molecule has 0 fully saturated rings. The normalized spacial score (nSPS) is 10.3. The molecule has 0 aliphatic rings. The number of carbonyl (C=O) groups excluding carboxylic acids is 2. The highest BCUT2D eigenvalue weighted by molar-refractivity contribution is 5.96. The first-order chi connectivity index (χ1) is 12.4. The van der Waals surface area contributed by atoms with E-state index in [1.54, 1.807) is 0 Å². The fraction of sp³-hybridized carbons (Fsp3) is 0.600. The number of rotatable bonds is 12. The maximum Gasteiger partial charge on any atom is 0.248 e. The number of benzene rings is 1. The minimum absolute atomic E-state index is 0.0976. The van der Waals surface area contributed by atoms with Gasteiger partial charge < -0.3 is 22.9 Å². The van der Waals surface area contributed by atoms with Gasteiger partial charge in [-0.3, -0.25) is 9.59 Å². The van der Waals surface area contributed by atoms with Crippen LogP contribution < -0.4 is 22.9 Å². The van der Waals surface area contributed by atoms with Gasteiger partial charge in [-0.1, -0.05) is 64.7 Å². The van der Waals surface area contributed by atoms with E-state index in [2.05, 4.69) is 6.92 Å². The predicted molar refractivity (Wildman–Crippen MR) is 107 cm³/mol. The quantitative estimate of drug-likeness (QED) is 0.334. The zero-order valence-electron chi connectivity index (χ0n) is 16.1. The van der Waals surface area contributed by atoms with Crippen LogP contribution in [0.1, 0.15) is 91.8 Å². The SMILES string of the molecule is CCCCCCCCCCCC(N)N.NC(=O)c1ccc(C(N)=O)cc1. The van der Waals surface area contributed by atoms with Crippen LogP contribution in [0.5, 0.6) is 0 Å². The number of nitrogens with two attached hydrogens (primary N) is 4. The fourth-order valence-corrected chi connectivity index (χ4v) is 2.49. The summed E-state index contributed by atoms with van der Waals surface area (Å²) in [5.74, 6) is -1.04. The van der Waals surface area contributed by atoms with Crippen LogP contribution in [0.3, 0.4) is 0 Å². The van der Waals surface area contributed by atoms with Crippen molar-refractivity contribution in [2.75, 3.05) is 0 Å². The van der Waals surface area contributed by atoms with Crippen LogP contribution >= 0.6 is 0 Å². The number of carbonyl (C=O) groups is 2. The molecule has 0 aromatic heterocycles. The average Bonchev–Trinajstić information content (AvgIpc) is 2.60. The van der Waals surface area contributed by atoms with E-state index in [0.717, 1.165) is 6.42 Å². The first-order valence-corrected chi connectivity index (χ1v) is 9.59. The maximum atomic E-state index is 10.6. The number of primary amides is 2. The van der Waals surface area contributed by atoms with Gasteiger partial charge in [0.2, 0.25) is 11.8 Å². The maximum absolute atomic E-state index is 10.6. The van der Waals surface area contributed by atoms with Crippen molar-refractivity contribution in [3.63, 3.8) is 0 Å². The van der Waals surface area contributed by atoms with Crippen LogP contribution in [0.4, 0.5) is 0 Å². The molecule has 0 saturated carbocycles. The van der Waals surface area contributed by atoms with Crippen molar-refractivity contribution in [2.45, 2.75) is 77.3 Å². The molecule has 1 aromatic carbocycles. The molecule has 0 aliphatic carbocycles. The van der Waals surface area contributed by atoms with Gasteiger partial charge >= 0.3 is 0 Å². The summed E-state index contributed by atoms with van der Waals surface area (Å²) in [6.45, 7) is 2.26. The van der Waals surface area contributed by atoms with Gasteiger partial charge in [0.15, 0.2) is 0 Å². The van der Waals surface area contributed by atoms with Crippen molar-refractivity contribution in [1.82, 2.24) is 0 Å².